The van der Waals surface area contributed by atoms with Crippen molar-refractivity contribution in [1.82, 2.24) is 9.80 Å². The Balaban J connectivity index is 2.67. The first kappa shape index (κ1) is 16.1. The Morgan fingerprint density at radius 3 is 2.40 bits per heavy atom. The average molecular weight is 294 g/mol. The van der Waals surface area contributed by atoms with Gasteiger partial charge in [-0.25, -0.2) is 4.79 Å². The molecule has 0 heterocycles. The molecule has 1 rings (SSSR count). The first-order valence-corrected chi connectivity index (χ1v) is 6.52. The first-order valence-electron chi connectivity index (χ1n) is 6.08. The van der Waals surface area contributed by atoms with Gasteiger partial charge in [0.05, 0.1) is 5.03 Å². The van der Waals surface area contributed by atoms with Gasteiger partial charge in [-0.05, 0) is 12.0 Å². The number of hydrogen-bond acceptors (Lipinski definition) is 3. The lowest BCUT2D eigenvalue weighted by Crippen LogP contribution is -2.42. The highest BCUT2D eigenvalue weighted by Crippen LogP contribution is 2.11. The Hall–Kier alpha value is -1.95. The number of carboxylic acids is 1. The van der Waals surface area contributed by atoms with Crippen LogP contribution >= 0.6 is 12.6 Å². The number of carbonyl (C=O) groups excluding carboxylic acids is 1. The number of carboxylic acid groups (broad SMARTS) is 1. The number of aliphatic carboxylic acids is 1. The molecule has 0 aliphatic carbocycles. The molecular weight excluding hydrogens is 276 g/mol. The summed E-state index contributed by atoms with van der Waals surface area (Å²) in [7, 11) is 1.43. The van der Waals surface area contributed by atoms with Gasteiger partial charge < -0.3 is 10.0 Å². The van der Waals surface area contributed by atoms with E-state index < -0.39 is 12.0 Å². The summed E-state index contributed by atoms with van der Waals surface area (Å²) in [5.41, 5.74) is 1.08. The zero-order chi connectivity index (χ0) is 15.1. The third-order valence-electron chi connectivity index (χ3n) is 2.71. The minimum absolute atomic E-state index is 0.295. The van der Waals surface area contributed by atoms with Gasteiger partial charge >= 0.3 is 12.0 Å². The third-order valence-corrected chi connectivity index (χ3v) is 2.95. The molecule has 0 unspecified atom stereocenters. The molecule has 20 heavy (non-hydrogen) atoms. The molecule has 1 N–H and O–H groups in total. The highest BCUT2D eigenvalue weighted by Gasteiger charge is 2.20. The van der Waals surface area contributed by atoms with E-state index in [-0.39, 0.29) is 6.54 Å². The van der Waals surface area contributed by atoms with Crippen molar-refractivity contribution in [3.63, 3.8) is 0 Å². The van der Waals surface area contributed by atoms with Crippen molar-refractivity contribution in [3.05, 3.63) is 47.5 Å². The maximum atomic E-state index is 12.1. The summed E-state index contributed by atoms with van der Waals surface area (Å²) in [6, 6.07) is 9.27. The van der Waals surface area contributed by atoms with E-state index in [0.29, 0.717) is 18.0 Å². The van der Waals surface area contributed by atoms with E-state index in [9.17, 15) is 9.59 Å². The number of benzene rings is 1. The second-order valence-corrected chi connectivity index (χ2v) is 4.85. The molecule has 0 aliphatic rings. The predicted molar refractivity (Wildman–Crippen MR) is 80.6 cm³/mol. The van der Waals surface area contributed by atoms with Crippen LogP contribution in [0.1, 0.15) is 5.56 Å². The molecule has 0 aromatic heterocycles. The molecule has 1 aromatic rings. The van der Waals surface area contributed by atoms with Crippen molar-refractivity contribution in [3.8, 4) is 0 Å². The maximum absolute atomic E-state index is 12.1. The minimum atomic E-state index is -1.06. The number of hydrogen-bond donors (Lipinski definition) is 2. The Morgan fingerprint density at radius 2 is 1.90 bits per heavy atom. The van der Waals surface area contributed by atoms with Crippen LogP contribution in [0.4, 0.5) is 4.79 Å². The number of likely N-dealkylation sites (N-methyl/N-ethyl adjacent to an activating group) is 1. The molecule has 0 bridgehead atoms. The Bertz CT molecular complexity index is 490. The molecule has 0 spiro atoms. The Labute approximate surface area is 123 Å². The second kappa shape index (κ2) is 7.59. The molecule has 0 saturated carbocycles. The second-order valence-electron chi connectivity index (χ2n) is 4.34. The minimum Gasteiger partial charge on any atom is -0.480 e. The molecule has 0 fully saturated rings. The molecule has 5 nitrogen and oxygen atoms in total. The zero-order valence-corrected chi connectivity index (χ0v) is 12.2. The smallest absolute Gasteiger partial charge is 0.325 e. The lowest BCUT2D eigenvalue weighted by molar-refractivity contribution is -0.137. The number of thiol groups is 1. The number of urea groups is 1. The lowest BCUT2D eigenvalue weighted by Gasteiger charge is -2.26. The predicted octanol–water partition coefficient (Wildman–Crippen LogP) is 2.07. The van der Waals surface area contributed by atoms with Crippen molar-refractivity contribution in [2.24, 2.45) is 0 Å². The first-order chi connectivity index (χ1) is 9.41. The molecule has 0 saturated heterocycles. The number of amides is 2. The van der Waals surface area contributed by atoms with Gasteiger partial charge in [0.15, 0.2) is 0 Å². The summed E-state index contributed by atoms with van der Waals surface area (Å²) < 4.78 is 0. The van der Waals surface area contributed by atoms with E-state index in [2.05, 4.69) is 19.2 Å². The van der Waals surface area contributed by atoms with Gasteiger partial charge in [-0.15, -0.1) is 12.6 Å². The van der Waals surface area contributed by atoms with Crippen molar-refractivity contribution in [2.75, 3.05) is 20.1 Å². The highest BCUT2D eigenvalue weighted by atomic mass is 32.1. The van der Waals surface area contributed by atoms with Gasteiger partial charge in [0.2, 0.25) is 0 Å². The van der Waals surface area contributed by atoms with Crippen LogP contribution in [0.5, 0.6) is 0 Å². The summed E-state index contributed by atoms with van der Waals surface area (Å²) in [5.74, 6) is -1.06. The van der Waals surface area contributed by atoms with E-state index in [1.54, 1.807) is 0 Å². The largest absolute Gasteiger partial charge is 0.480 e. The van der Waals surface area contributed by atoms with Crippen molar-refractivity contribution in [1.29, 1.82) is 0 Å². The van der Waals surface area contributed by atoms with Crippen LogP contribution in [0, 0.1) is 0 Å². The van der Waals surface area contributed by atoms with Crippen molar-refractivity contribution >= 4 is 24.6 Å². The summed E-state index contributed by atoms with van der Waals surface area (Å²) in [6.45, 7) is 3.68. The Morgan fingerprint density at radius 1 is 1.30 bits per heavy atom. The standard InChI is InChI=1S/C14H18N2O3S/c1-11(20)16(14(19)15(2)10-13(17)18)9-8-12-6-4-3-5-7-12/h3-7,20H,1,8-10H2,2H3,(H,17,18). The monoisotopic (exact) mass is 294 g/mol. The van der Waals surface area contributed by atoms with Crippen LogP contribution in [0.25, 0.3) is 0 Å². The molecule has 1 aromatic carbocycles. The fourth-order valence-electron chi connectivity index (χ4n) is 1.70. The zero-order valence-electron chi connectivity index (χ0n) is 11.3. The van der Waals surface area contributed by atoms with Crippen LogP contribution < -0.4 is 0 Å². The van der Waals surface area contributed by atoms with Crippen LogP contribution in [0.3, 0.4) is 0 Å². The van der Waals surface area contributed by atoms with Gasteiger partial charge in [0, 0.05) is 13.6 Å². The van der Waals surface area contributed by atoms with Gasteiger partial charge in [0.25, 0.3) is 0 Å². The summed E-state index contributed by atoms with van der Waals surface area (Å²) in [6.07, 6.45) is 0.646. The van der Waals surface area contributed by atoms with Crippen LogP contribution in [0.15, 0.2) is 41.9 Å². The Kier molecular flexibility index (Phi) is 6.11. The van der Waals surface area contributed by atoms with E-state index in [0.717, 1.165) is 10.5 Å². The quantitative estimate of drug-likeness (QED) is 0.790. The van der Waals surface area contributed by atoms with Gasteiger partial charge in [-0.1, -0.05) is 36.9 Å². The number of nitrogens with zero attached hydrogens (tertiary/aromatic N) is 2. The SMILES string of the molecule is C=C(S)N(CCc1ccccc1)C(=O)N(C)CC(=O)O. The normalized spacial score (nSPS) is 9.90. The van der Waals surface area contributed by atoms with Crippen LogP contribution in [-0.2, 0) is 11.2 Å². The third kappa shape index (κ3) is 4.97. The highest BCUT2D eigenvalue weighted by molar-refractivity contribution is 7.84. The maximum Gasteiger partial charge on any atom is 0.325 e. The number of carbonyl (C=O) groups is 2. The van der Waals surface area contributed by atoms with Crippen molar-refractivity contribution in [2.45, 2.75) is 6.42 Å². The van der Waals surface area contributed by atoms with Crippen molar-refractivity contribution < 1.29 is 14.7 Å². The van der Waals surface area contributed by atoms with E-state index in [1.807, 2.05) is 30.3 Å². The molecule has 108 valence electrons. The lowest BCUT2D eigenvalue weighted by atomic mass is 10.1. The summed E-state index contributed by atoms with van der Waals surface area (Å²) in [5, 5.41) is 9.00. The molecule has 6 heteroatoms. The summed E-state index contributed by atoms with van der Waals surface area (Å²) in [4.78, 5) is 25.2. The van der Waals surface area contributed by atoms with Gasteiger partial charge in [-0.2, -0.15) is 0 Å². The molecule has 0 radical (unpaired) electrons. The molecular formula is C14H18N2O3S. The fraction of sp³-hybridized carbons (Fsp3) is 0.286. The fourth-order valence-corrected chi connectivity index (χ4v) is 1.88. The summed E-state index contributed by atoms with van der Waals surface area (Å²) >= 11 is 4.10. The van der Waals surface area contributed by atoms with Crippen LogP contribution in [-0.4, -0.2) is 47.0 Å². The molecule has 2 amide bonds. The van der Waals surface area contributed by atoms with Gasteiger partial charge in [0.1, 0.15) is 6.54 Å². The van der Waals surface area contributed by atoms with E-state index in [4.69, 9.17) is 5.11 Å². The van der Waals surface area contributed by atoms with E-state index >= 15 is 0 Å². The average Bonchev–Trinajstić information content (AvgIpc) is 2.38. The topological polar surface area (TPSA) is 60.9 Å². The molecule has 0 aliphatic heterocycles. The number of rotatable bonds is 6. The van der Waals surface area contributed by atoms with Crippen LogP contribution in [0.2, 0.25) is 0 Å². The van der Waals surface area contributed by atoms with Gasteiger partial charge in [-0.3, -0.25) is 9.69 Å². The molecule has 0 atom stereocenters. The van der Waals surface area contributed by atoms with E-state index in [1.165, 1.54) is 11.9 Å².